The highest BCUT2D eigenvalue weighted by molar-refractivity contribution is 5.56. The lowest BCUT2D eigenvalue weighted by molar-refractivity contribution is 0.500. The van der Waals surface area contributed by atoms with Crippen molar-refractivity contribution < 1.29 is 4.39 Å². The predicted molar refractivity (Wildman–Crippen MR) is 69.4 cm³/mol. The molecule has 0 bridgehead atoms. The second-order valence-corrected chi connectivity index (χ2v) is 3.63. The molecule has 0 aliphatic rings. The zero-order valence-corrected chi connectivity index (χ0v) is 9.83. The molecule has 0 saturated heterocycles. The fraction of sp³-hybridized carbons (Fsp3) is 0.286. The van der Waals surface area contributed by atoms with E-state index in [0.29, 0.717) is 6.42 Å². The van der Waals surface area contributed by atoms with Gasteiger partial charge >= 0.3 is 0 Å². The van der Waals surface area contributed by atoms with Gasteiger partial charge in [0.15, 0.2) is 0 Å². The molecule has 1 aromatic carbocycles. The molecule has 1 N–H and O–H groups in total. The van der Waals surface area contributed by atoms with Gasteiger partial charge in [0.2, 0.25) is 0 Å². The molecule has 0 atom stereocenters. The SMILES string of the molecule is CNc1ccc(/C=C/C(C)=C/CCF)cc1. The lowest BCUT2D eigenvalue weighted by Gasteiger charge is -1.99. The van der Waals surface area contributed by atoms with Crippen LogP contribution in [-0.2, 0) is 0 Å². The number of alkyl halides is 1. The van der Waals surface area contributed by atoms with E-state index in [9.17, 15) is 4.39 Å². The molecule has 86 valence electrons. The van der Waals surface area contributed by atoms with Gasteiger partial charge in [0.1, 0.15) is 0 Å². The van der Waals surface area contributed by atoms with Gasteiger partial charge in [-0.25, -0.2) is 0 Å². The third kappa shape index (κ3) is 4.30. The van der Waals surface area contributed by atoms with Gasteiger partial charge in [-0.3, -0.25) is 4.39 Å². The fourth-order valence-electron chi connectivity index (χ4n) is 1.34. The molecule has 0 unspecified atom stereocenters. The van der Waals surface area contributed by atoms with E-state index >= 15 is 0 Å². The second kappa shape index (κ2) is 6.83. The summed E-state index contributed by atoms with van der Waals surface area (Å²) in [5.74, 6) is 0. The third-order valence-electron chi connectivity index (χ3n) is 2.31. The fourth-order valence-corrected chi connectivity index (χ4v) is 1.34. The van der Waals surface area contributed by atoms with Crippen molar-refractivity contribution >= 4 is 11.8 Å². The Kier molecular flexibility index (Phi) is 5.34. The highest BCUT2D eigenvalue weighted by atomic mass is 19.1. The quantitative estimate of drug-likeness (QED) is 0.737. The lowest BCUT2D eigenvalue weighted by atomic mass is 10.1. The zero-order chi connectivity index (χ0) is 11.8. The first kappa shape index (κ1) is 12.5. The number of halogens is 1. The molecule has 0 amide bonds. The summed E-state index contributed by atoms with van der Waals surface area (Å²) in [7, 11) is 1.90. The second-order valence-electron chi connectivity index (χ2n) is 3.63. The van der Waals surface area contributed by atoms with Crippen molar-refractivity contribution in [2.75, 3.05) is 19.0 Å². The van der Waals surface area contributed by atoms with E-state index in [1.54, 1.807) is 0 Å². The summed E-state index contributed by atoms with van der Waals surface area (Å²) in [6, 6.07) is 8.15. The van der Waals surface area contributed by atoms with Crippen molar-refractivity contribution in [1.82, 2.24) is 0 Å². The maximum atomic E-state index is 11.9. The van der Waals surface area contributed by atoms with Crippen molar-refractivity contribution in [3.63, 3.8) is 0 Å². The van der Waals surface area contributed by atoms with Crippen LogP contribution in [0.15, 0.2) is 42.0 Å². The van der Waals surface area contributed by atoms with E-state index in [0.717, 1.165) is 16.8 Å². The van der Waals surface area contributed by atoms with Crippen LogP contribution < -0.4 is 5.32 Å². The normalized spacial score (nSPS) is 12.1. The Morgan fingerprint density at radius 2 is 2.00 bits per heavy atom. The number of allylic oxidation sites excluding steroid dienone is 3. The molecule has 16 heavy (non-hydrogen) atoms. The topological polar surface area (TPSA) is 12.0 Å². The Hall–Kier alpha value is -1.57. The lowest BCUT2D eigenvalue weighted by Crippen LogP contribution is -1.86. The Labute approximate surface area is 96.7 Å². The van der Waals surface area contributed by atoms with E-state index in [1.165, 1.54) is 0 Å². The molecule has 2 heteroatoms. The van der Waals surface area contributed by atoms with Crippen LogP contribution in [0, 0.1) is 0 Å². The van der Waals surface area contributed by atoms with Crippen LogP contribution in [0.2, 0.25) is 0 Å². The number of anilines is 1. The summed E-state index contributed by atoms with van der Waals surface area (Å²) in [6.07, 6.45) is 6.43. The zero-order valence-electron chi connectivity index (χ0n) is 9.83. The van der Waals surface area contributed by atoms with Crippen molar-refractivity contribution in [1.29, 1.82) is 0 Å². The van der Waals surface area contributed by atoms with E-state index in [-0.39, 0.29) is 6.67 Å². The van der Waals surface area contributed by atoms with Crippen LogP contribution in [-0.4, -0.2) is 13.7 Å². The number of hydrogen-bond donors (Lipinski definition) is 1. The average Bonchev–Trinajstić information content (AvgIpc) is 2.34. The first-order chi connectivity index (χ1) is 7.76. The van der Waals surface area contributed by atoms with Gasteiger partial charge in [-0.15, -0.1) is 0 Å². The third-order valence-corrected chi connectivity index (χ3v) is 2.31. The van der Waals surface area contributed by atoms with E-state index in [4.69, 9.17) is 0 Å². The number of benzene rings is 1. The molecule has 0 aliphatic carbocycles. The molecule has 0 heterocycles. The Morgan fingerprint density at radius 3 is 2.56 bits per heavy atom. The van der Waals surface area contributed by atoms with Crippen LogP contribution in [0.25, 0.3) is 6.08 Å². The number of hydrogen-bond acceptors (Lipinski definition) is 1. The maximum absolute atomic E-state index is 11.9. The minimum atomic E-state index is -0.290. The standard InChI is InChI=1S/C14H18FN/c1-12(4-3-11-15)5-6-13-7-9-14(16-2)10-8-13/h4-10,16H,3,11H2,1-2H3/b6-5+,12-4+. The molecule has 0 aromatic heterocycles. The van der Waals surface area contributed by atoms with Crippen LogP contribution in [0.4, 0.5) is 10.1 Å². The van der Waals surface area contributed by atoms with Gasteiger partial charge in [0.05, 0.1) is 6.67 Å². The first-order valence-electron chi connectivity index (χ1n) is 5.45. The predicted octanol–water partition coefficient (Wildman–Crippen LogP) is 4.05. The maximum Gasteiger partial charge on any atom is 0.0929 e. The van der Waals surface area contributed by atoms with Gasteiger partial charge < -0.3 is 5.32 Å². The Morgan fingerprint density at radius 1 is 1.31 bits per heavy atom. The van der Waals surface area contributed by atoms with Crippen molar-refractivity contribution in [3.05, 3.63) is 47.6 Å². The summed E-state index contributed by atoms with van der Waals surface area (Å²) in [6.45, 7) is 1.69. The van der Waals surface area contributed by atoms with Crippen LogP contribution in [0.5, 0.6) is 0 Å². The van der Waals surface area contributed by atoms with E-state index in [2.05, 4.69) is 5.32 Å². The largest absolute Gasteiger partial charge is 0.388 e. The number of rotatable bonds is 5. The summed E-state index contributed by atoms with van der Waals surface area (Å²) in [5, 5.41) is 3.07. The molecule has 1 rings (SSSR count). The van der Waals surface area contributed by atoms with Crippen molar-refractivity contribution in [3.8, 4) is 0 Å². The minimum absolute atomic E-state index is 0.290. The van der Waals surface area contributed by atoms with Crippen LogP contribution in [0.3, 0.4) is 0 Å². The summed E-state index contributed by atoms with van der Waals surface area (Å²) in [5.41, 5.74) is 3.34. The van der Waals surface area contributed by atoms with Gasteiger partial charge in [0.25, 0.3) is 0 Å². The summed E-state index contributed by atoms with van der Waals surface area (Å²) >= 11 is 0. The Balaban J connectivity index is 2.61. The van der Waals surface area contributed by atoms with Crippen LogP contribution in [0.1, 0.15) is 18.9 Å². The molecule has 0 aliphatic heterocycles. The molecular formula is C14H18FN. The van der Waals surface area contributed by atoms with Crippen LogP contribution >= 0.6 is 0 Å². The first-order valence-corrected chi connectivity index (χ1v) is 5.45. The Bertz CT molecular complexity index is 363. The van der Waals surface area contributed by atoms with Gasteiger partial charge in [-0.05, 0) is 31.0 Å². The molecule has 0 radical (unpaired) electrons. The summed E-state index contributed by atoms with van der Waals surface area (Å²) < 4.78 is 11.9. The van der Waals surface area contributed by atoms with Gasteiger partial charge in [-0.2, -0.15) is 0 Å². The summed E-state index contributed by atoms with van der Waals surface area (Å²) in [4.78, 5) is 0. The van der Waals surface area contributed by atoms with Crippen molar-refractivity contribution in [2.45, 2.75) is 13.3 Å². The average molecular weight is 219 g/mol. The van der Waals surface area contributed by atoms with E-state index in [1.807, 2.05) is 56.5 Å². The van der Waals surface area contributed by atoms with E-state index < -0.39 is 0 Å². The highest BCUT2D eigenvalue weighted by Crippen LogP contribution is 2.11. The molecule has 0 fully saturated rings. The van der Waals surface area contributed by atoms with Gasteiger partial charge in [0, 0.05) is 12.7 Å². The molecule has 0 spiro atoms. The molecule has 0 saturated carbocycles. The molecule has 1 aromatic rings. The minimum Gasteiger partial charge on any atom is -0.388 e. The van der Waals surface area contributed by atoms with Gasteiger partial charge in [-0.1, -0.05) is 35.9 Å². The smallest absolute Gasteiger partial charge is 0.0929 e. The van der Waals surface area contributed by atoms with Crippen molar-refractivity contribution in [2.24, 2.45) is 0 Å². The molecule has 1 nitrogen and oxygen atoms in total. The molecular weight excluding hydrogens is 201 g/mol. The highest BCUT2D eigenvalue weighted by Gasteiger charge is 1.89. The monoisotopic (exact) mass is 219 g/mol. The number of nitrogens with one attached hydrogen (secondary N) is 1.